The molecule has 0 unspecified atom stereocenters. The monoisotopic (exact) mass is 344 g/mol. The van der Waals surface area contributed by atoms with Crippen LogP contribution in [0.5, 0.6) is 12.0 Å². The topological polar surface area (TPSA) is 70.0 Å². The minimum Gasteiger partial charge on any atom is -0.425 e. The van der Waals surface area contributed by atoms with Crippen LogP contribution in [0.1, 0.15) is 0 Å². The molecule has 0 aliphatic carbocycles. The fourth-order valence-corrected chi connectivity index (χ4v) is 1.19. The van der Waals surface area contributed by atoms with E-state index in [1.54, 1.807) is 0 Å². The number of nitrogens with zero attached hydrogens (tertiary/aromatic N) is 4. The Kier molecular flexibility index (Phi) is 4.58. The Bertz CT molecular complexity index is 587. The molecule has 0 amide bonds. The maximum absolute atomic E-state index is 13.0. The molecule has 0 aliphatic rings. The van der Waals surface area contributed by atoms with Crippen molar-refractivity contribution in [3.05, 3.63) is 33.8 Å². The third-order valence-corrected chi connectivity index (χ3v) is 2.50. The van der Waals surface area contributed by atoms with Gasteiger partial charge in [0.1, 0.15) is 0 Å². The highest BCUT2D eigenvalue weighted by Gasteiger charge is 2.15. The molecule has 0 N–H and O–H groups in total. The van der Waals surface area contributed by atoms with Crippen molar-refractivity contribution < 1.29 is 27.0 Å². The number of rotatable bonds is 4. The SMILES string of the molecule is Fc1nc(OCOc2nc(F)c(Cl)c(F)n2)nc(F)c1Cl. The van der Waals surface area contributed by atoms with E-state index < -0.39 is 52.6 Å². The van der Waals surface area contributed by atoms with Crippen molar-refractivity contribution in [1.29, 1.82) is 0 Å². The van der Waals surface area contributed by atoms with Crippen LogP contribution in [0.4, 0.5) is 17.6 Å². The molecule has 2 aromatic heterocycles. The molecular formula is C9H2Cl2F4N4O2. The Balaban J connectivity index is 2.02. The van der Waals surface area contributed by atoms with Crippen molar-refractivity contribution in [2.75, 3.05) is 6.79 Å². The zero-order chi connectivity index (χ0) is 15.6. The van der Waals surface area contributed by atoms with Gasteiger partial charge in [-0.3, -0.25) is 0 Å². The van der Waals surface area contributed by atoms with Crippen LogP contribution in [0, 0.1) is 23.8 Å². The summed E-state index contributed by atoms with van der Waals surface area (Å²) in [5, 5.41) is -1.82. The van der Waals surface area contributed by atoms with Gasteiger partial charge in [-0.15, -0.1) is 0 Å². The summed E-state index contributed by atoms with van der Waals surface area (Å²) in [6.07, 6.45) is 0. The molecule has 0 saturated carbocycles. The number of ether oxygens (including phenoxy) is 2. The van der Waals surface area contributed by atoms with Crippen LogP contribution in [0.15, 0.2) is 0 Å². The van der Waals surface area contributed by atoms with Crippen LogP contribution >= 0.6 is 23.2 Å². The van der Waals surface area contributed by atoms with Gasteiger partial charge < -0.3 is 9.47 Å². The van der Waals surface area contributed by atoms with E-state index in [-0.39, 0.29) is 0 Å². The first kappa shape index (κ1) is 15.4. The first-order valence-electron chi connectivity index (χ1n) is 4.91. The van der Waals surface area contributed by atoms with Gasteiger partial charge in [0.15, 0.2) is 10.0 Å². The van der Waals surface area contributed by atoms with Crippen molar-refractivity contribution >= 4 is 23.2 Å². The molecule has 0 radical (unpaired) electrons. The van der Waals surface area contributed by atoms with Crippen LogP contribution in [0.2, 0.25) is 10.0 Å². The van der Waals surface area contributed by atoms with Crippen LogP contribution in [0.3, 0.4) is 0 Å². The quantitative estimate of drug-likeness (QED) is 0.482. The highest BCUT2D eigenvalue weighted by atomic mass is 35.5. The molecule has 12 heteroatoms. The van der Waals surface area contributed by atoms with Gasteiger partial charge in [0, 0.05) is 0 Å². The fourth-order valence-electron chi connectivity index (χ4n) is 1.02. The summed E-state index contributed by atoms with van der Waals surface area (Å²) >= 11 is 10.3. The Labute approximate surface area is 123 Å². The van der Waals surface area contributed by atoms with Gasteiger partial charge in [0.2, 0.25) is 30.6 Å². The normalized spacial score (nSPS) is 10.6. The Morgan fingerprint density at radius 1 is 0.667 bits per heavy atom. The zero-order valence-electron chi connectivity index (χ0n) is 9.58. The second-order valence-electron chi connectivity index (χ2n) is 3.21. The van der Waals surface area contributed by atoms with E-state index in [1.165, 1.54) is 0 Å². The maximum atomic E-state index is 13.0. The van der Waals surface area contributed by atoms with Crippen molar-refractivity contribution in [2.45, 2.75) is 0 Å². The van der Waals surface area contributed by atoms with Gasteiger partial charge in [-0.2, -0.15) is 37.5 Å². The largest absolute Gasteiger partial charge is 0.425 e. The molecule has 2 rings (SSSR count). The van der Waals surface area contributed by atoms with Gasteiger partial charge in [-0.25, -0.2) is 0 Å². The van der Waals surface area contributed by atoms with E-state index in [9.17, 15) is 17.6 Å². The lowest BCUT2D eigenvalue weighted by Crippen LogP contribution is -2.12. The van der Waals surface area contributed by atoms with E-state index in [1.807, 2.05) is 0 Å². The fraction of sp³-hybridized carbons (Fsp3) is 0.111. The summed E-state index contributed by atoms with van der Waals surface area (Å²) in [7, 11) is 0. The van der Waals surface area contributed by atoms with Crippen LogP contribution < -0.4 is 9.47 Å². The highest BCUT2D eigenvalue weighted by molar-refractivity contribution is 6.30. The molecule has 0 fully saturated rings. The number of halogens is 6. The predicted octanol–water partition coefficient (Wildman–Crippen LogP) is 2.55. The van der Waals surface area contributed by atoms with E-state index in [4.69, 9.17) is 23.2 Å². The van der Waals surface area contributed by atoms with Crippen molar-refractivity contribution in [3.8, 4) is 12.0 Å². The summed E-state index contributed by atoms with van der Waals surface area (Å²) < 4.78 is 61.0. The predicted molar refractivity (Wildman–Crippen MR) is 60.0 cm³/mol. The van der Waals surface area contributed by atoms with Crippen LogP contribution in [0.25, 0.3) is 0 Å². The van der Waals surface area contributed by atoms with E-state index in [2.05, 4.69) is 29.4 Å². The Morgan fingerprint density at radius 3 is 1.24 bits per heavy atom. The van der Waals surface area contributed by atoms with E-state index >= 15 is 0 Å². The zero-order valence-corrected chi connectivity index (χ0v) is 11.1. The molecule has 0 aromatic carbocycles. The van der Waals surface area contributed by atoms with Crippen molar-refractivity contribution in [1.82, 2.24) is 19.9 Å². The van der Waals surface area contributed by atoms with Crippen molar-refractivity contribution in [2.24, 2.45) is 0 Å². The molecule has 0 bridgehead atoms. The Hall–Kier alpha value is -1.94. The summed E-state index contributed by atoms with van der Waals surface area (Å²) in [5.41, 5.74) is 0. The molecular weight excluding hydrogens is 343 g/mol. The third-order valence-electron chi connectivity index (χ3n) is 1.88. The number of aromatic nitrogens is 4. The lowest BCUT2D eigenvalue weighted by molar-refractivity contribution is 0.0961. The second kappa shape index (κ2) is 6.22. The van der Waals surface area contributed by atoms with Crippen molar-refractivity contribution in [3.63, 3.8) is 0 Å². The average molecular weight is 345 g/mol. The molecule has 0 saturated heterocycles. The summed E-state index contributed by atoms with van der Waals surface area (Å²) in [5.74, 6) is -5.39. The van der Waals surface area contributed by atoms with Crippen LogP contribution in [-0.4, -0.2) is 26.7 Å². The van der Waals surface area contributed by atoms with E-state index in [0.29, 0.717) is 0 Å². The minimum absolute atomic E-state index is 0.746. The third kappa shape index (κ3) is 3.58. The van der Waals surface area contributed by atoms with Gasteiger partial charge in [-0.05, 0) is 0 Å². The van der Waals surface area contributed by atoms with Gasteiger partial charge in [0.05, 0.1) is 0 Å². The molecule has 6 nitrogen and oxygen atoms in total. The lowest BCUT2D eigenvalue weighted by atomic mass is 10.6. The molecule has 2 aromatic rings. The minimum atomic E-state index is -1.35. The van der Waals surface area contributed by atoms with E-state index in [0.717, 1.165) is 0 Å². The first-order chi connectivity index (χ1) is 9.88. The summed E-state index contributed by atoms with van der Waals surface area (Å²) in [4.78, 5) is 12.2. The average Bonchev–Trinajstić information content (AvgIpc) is 2.42. The maximum Gasteiger partial charge on any atom is 0.324 e. The molecule has 0 spiro atoms. The molecule has 2 heterocycles. The summed E-state index contributed by atoms with van der Waals surface area (Å²) in [6.45, 7) is -0.777. The summed E-state index contributed by atoms with van der Waals surface area (Å²) in [6, 6.07) is -1.49. The number of hydrogen-bond donors (Lipinski definition) is 0. The van der Waals surface area contributed by atoms with Gasteiger partial charge >= 0.3 is 12.0 Å². The standard InChI is InChI=1S/C9H2Cl2F4N4O2/c10-2-4(12)16-8(17-5(2)13)20-1-21-9-18-6(14)3(11)7(15)19-9/h1H2. The molecule has 0 atom stereocenters. The number of hydrogen-bond acceptors (Lipinski definition) is 6. The molecule has 112 valence electrons. The lowest BCUT2D eigenvalue weighted by Gasteiger charge is -2.06. The highest BCUT2D eigenvalue weighted by Crippen LogP contribution is 2.19. The van der Waals surface area contributed by atoms with Crippen LogP contribution in [-0.2, 0) is 0 Å². The van der Waals surface area contributed by atoms with Gasteiger partial charge in [-0.1, -0.05) is 23.2 Å². The Morgan fingerprint density at radius 2 is 0.952 bits per heavy atom. The smallest absolute Gasteiger partial charge is 0.324 e. The second-order valence-corrected chi connectivity index (χ2v) is 3.97. The molecule has 0 aliphatic heterocycles. The molecule has 21 heavy (non-hydrogen) atoms. The first-order valence-corrected chi connectivity index (χ1v) is 5.66. The van der Waals surface area contributed by atoms with Gasteiger partial charge in [0.25, 0.3) is 0 Å².